The number of nitrogens with one attached hydrogen (secondary N) is 1. The molecule has 4 nitrogen and oxygen atoms in total. The minimum atomic E-state index is -0.542. The summed E-state index contributed by atoms with van der Waals surface area (Å²) in [5.74, 6) is -0.925. The van der Waals surface area contributed by atoms with Crippen molar-refractivity contribution in [2.45, 2.75) is 4.90 Å². The van der Waals surface area contributed by atoms with E-state index in [1.54, 1.807) is 0 Å². The number of thioether (sulfide) groups is 1. The van der Waals surface area contributed by atoms with Gasteiger partial charge in [-0.2, -0.15) is 0 Å². The fourth-order valence-corrected chi connectivity index (χ4v) is 3.31. The van der Waals surface area contributed by atoms with Gasteiger partial charge in [0.1, 0.15) is 0 Å². The largest absolute Gasteiger partial charge is 0.455 e. The van der Waals surface area contributed by atoms with Crippen molar-refractivity contribution in [2.24, 2.45) is 0 Å². The van der Waals surface area contributed by atoms with Crippen molar-refractivity contribution in [3.63, 3.8) is 0 Å². The fourth-order valence-electron chi connectivity index (χ4n) is 1.68. The van der Waals surface area contributed by atoms with E-state index < -0.39 is 18.5 Å². The lowest BCUT2D eigenvalue weighted by atomic mass is 10.3. The Balaban J connectivity index is 1.80. The Hall–Kier alpha value is -1.40. The maximum atomic E-state index is 11.8. The topological polar surface area (TPSA) is 55.4 Å². The van der Waals surface area contributed by atoms with Crippen LogP contribution in [0.15, 0.2) is 47.4 Å². The Kier molecular flexibility index (Phi) is 7.24. The second-order valence-corrected chi connectivity index (χ2v) is 6.85. The van der Waals surface area contributed by atoms with Crippen molar-refractivity contribution in [3.05, 3.63) is 57.5 Å². The monoisotopic (exact) mass is 403 g/mol. The average molecular weight is 405 g/mol. The van der Waals surface area contributed by atoms with Gasteiger partial charge in [0.05, 0.1) is 21.5 Å². The molecule has 126 valence electrons. The molecule has 1 amide bonds. The van der Waals surface area contributed by atoms with Crippen LogP contribution in [-0.2, 0) is 14.3 Å². The van der Waals surface area contributed by atoms with E-state index in [0.29, 0.717) is 5.02 Å². The molecule has 2 aromatic rings. The van der Waals surface area contributed by atoms with E-state index in [2.05, 4.69) is 5.32 Å². The summed E-state index contributed by atoms with van der Waals surface area (Å²) in [4.78, 5) is 24.4. The van der Waals surface area contributed by atoms with Gasteiger partial charge in [0.15, 0.2) is 6.61 Å². The SMILES string of the molecule is O=C(COC(=O)CSc1ccccc1)Nc1c(Cl)cc(Cl)cc1Cl. The number of carbonyl (C=O) groups excluding carboxylic acids is 2. The van der Waals surface area contributed by atoms with Crippen molar-refractivity contribution in [2.75, 3.05) is 17.7 Å². The molecule has 0 aliphatic heterocycles. The van der Waals surface area contributed by atoms with E-state index in [-0.39, 0.29) is 21.5 Å². The number of rotatable bonds is 6. The summed E-state index contributed by atoms with van der Waals surface area (Å²) in [6.45, 7) is -0.427. The fraction of sp³-hybridized carbons (Fsp3) is 0.125. The molecule has 1 N–H and O–H groups in total. The Labute approximate surface area is 158 Å². The third-order valence-corrected chi connectivity index (χ3v) is 4.54. The first-order chi connectivity index (χ1) is 11.5. The zero-order valence-electron chi connectivity index (χ0n) is 12.2. The second-order valence-electron chi connectivity index (χ2n) is 4.56. The maximum absolute atomic E-state index is 11.8. The summed E-state index contributed by atoms with van der Waals surface area (Å²) < 4.78 is 4.92. The molecule has 0 saturated heterocycles. The van der Waals surface area contributed by atoms with Gasteiger partial charge in [0.25, 0.3) is 5.91 Å². The lowest BCUT2D eigenvalue weighted by Crippen LogP contribution is -2.22. The van der Waals surface area contributed by atoms with E-state index in [4.69, 9.17) is 39.5 Å². The van der Waals surface area contributed by atoms with Gasteiger partial charge >= 0.3 is 5.97 Å². The Morgan fingerprint density at radius 1 is 1.04 bits per heavy atom. The summed E-state index contributed by atoms with van der Waals surface area (Å²) in [7, 11) is 0. The third-order valence-electron chi connectivity index (χ3n) is 2.74. The van der Waals surface area contributed by atoms with E-state index in [1.807, 2.05) is 30.3 Å². The molecule has 0 spiro atoms. The minimum absolute atomic E-state index is 0.111. The first-order valence-electron chi connectivity index (χ1n) is 6.73. The van der Waals surface area contributed by atoms with Gasteiger partial charge in [-0.15, -0.1) is 11.8 Å². The molecule has 0 aliphatic rings. The van der Waals surface area contributed by atoms with Crippen LogP contribution >= 0.6 is 46.6 Å². The van der Waals surface area contributed by atoms with Crippen LogP contribution < -0.4 is 5.32 Å². The molecule has 0 unspecified atom stereocenters. The zero-order valence-corrected chi connectivity index (χ0v) is 15.3. The molecule has 0 fully saturated rings. The van der Waals surface area contributed by atoms with Crippen LogP contribution in [0.3, 0.4) is 0 Å². The van der Waals surface area contributed by atoms with Gasteiger partial charge in [-0.3, -0.25) is 9.59 Å². The molecule has 0 atom stereocenters. The molecule has 0 heterocycles. The summed E-state index contributed by atoms with van der Waals surface area (Å²) in [6.07, 6.45) is 0. The van der Waals surface area contributed by atoms with Gasteiger partial charge < -0.3 is 10.1 Å². The smallest absolute Gasteiger partial charge is 0.316 e. The van der Waals surface area contributed by atoms with Gasteiger partial charge in [0.2, 0.25) is 0 Å². The average Bonchev–Trinajstić information content (AvgIpc) is 2.55. The van der Waals surface area contributed by atoms with E-state index in [0.717, 1.165) is 4.90 Å². The summed E-state index contributed by atoms with van der Waals surface area (Å²) in [5, 5.41) is 3.24. The predicted octanol–water partition coefficient (Wildman–Crippen LogP) is 4.92. The number of amides is 1. The van der Waals surface area contributed by atoms with Crippen LogP contribution in [0.1, 0.15) is 0 Å². The van der Waals surface area contributed by atoms with Crippen LogP contribution in [0.25, 0.3) is 0 Å². The molecule has 24 heavy (non-hydrogen) atoms. The van der Waals surface area contributed by atoms with Gasteiger partial charge in [0, 0.05) is 9.92 Å². The molecule has 0 aliphatic carbocycles. The lowest BCUT2D eigenvalue weighted by molar-refractivity contribution is -0.144. The molecule has 0 bridgehead atoms. The van der Waals surface area contributed by atoms with Gasteiger partial charge in [-0.25, -0.2) is 0 Å². The van der Waals surface area contributed by atoms with E-state index in [9.17, 15) is 9.59 Å². The molecule has 0 aromatic heterocycles. The third kappa shape index (κ3) is 5.91. The van der Waals surface area contributed by atoms with Crippen molar-refractivity contribution in [1.29, 1.82) is 0 Å². The van der Waals surface area contributed by atoms with Crippen LogP contribution in [0.5, 0.6) is 0 Å². The second kappa shape index (κ2) is 9.18. The van der Waals surface area contributed by atoms with Crippen molar-refractivity contribution >= 4 is 64.1 Å². The number of hydrogen-bond acceptors (Lipinski definition) is 4. The summed E-state index contributed by atoms with van der Waals surface area (Å²) in [5.41, 5.74) is 0.224. The zero-order chi connectivity index (χ0) is 17.5. The van der Waals surface area contributed by atoms with Crippen LogP contribution in [-0.4, -0.2) is 24.2 Å². The number of carbonyl (C=O) groups is 2. The number of anilines is 1. The van der Waals surface area contributed by atoms with Crippen LogP contribution in [0.4, 0.5) is 5.69 Å². The van der Waals surface area contributed by atoms with Gasteiger partial charge in [-0.1, -0.05) is 53.0 Å². The Morgan fingerprint density at radius 3 is 2.29 bits per heavy atom. The van der Waals surface area contributed by atoms with Gasteiger partial charge in [-0.05, 0) is 24.3 Å². The molecule has 8 heteroatoms. The van der Waals surface area contributed by atoms with Crippen molar-refractivity contribution in [1.82, 2.24) is 0 Å². The first-order valence-corrected chi connectivity index (χ1v) is 8.85. The standard InChI is InChI=1S/C16H12Cl3NO3S/c17-10-6-12(18)16(13(19)7-10)20-14(21)8-23-15(22)9-24-11-4-2-1-3-5-11/h1-7H,8-9H2,(H,20,21). The maximum Gasteiger partial charge on any atom is 0.316 e. The van der Waals surface area contributed by atoms with Crippen molar-refractivity contribution in [3.8, 4) is 0 Å². The van der Waals surface area contributed by atoms with Crippen LogP contribution in [0.2, 0.25) is 15.1 Å². The quantitative estimate of drug-likeness (QED) is 0.548. The van der Waals surface area contributed by atoms with Crippen LogP contribution in [0, 0.1) is 0 Å². The number of ether oxygens (including phenoxy) is 1. The highest BCUT2D eigenvalue weighted by molar-refractivity contribution is 8.00. The molecule has 2 rings (SSSR count). The highest BCUT2D eigenvalue weighted by Gasteiger charge is 2.13. The van der Waals surface area contributed by atoms with Crippen molar-refractivity contribution < 1.29 is 14.3 Å². The van der Waals surface area contributed by atoms with E-state index in [1.165, 1.54) is 23.9 Å². The molecule has 2 aromatic carbocycles. The molecule has 0 radical (unpaired) electrons. The highest BCUT2D eigenvalue weighted by Crippen LogP contribution is 2.33. The molecule has 0 saturated carbocycles. The first kappa shape index (κ1) is 18.9. The normalized spacial score (nSPS) is 10.3. The number of benzene rings is 2. The molecular formula is C16H12Cl3NO3S. The number of esters is 1. The summed E-state index contributed by atoms with van der Waals surface area (Å²) >= 11 is 19.0. The summed E-state index contributed by atoms with van der Waals surface area (Å²) in [6, 6.07) is 12.3. The number of halogens is 3. The Morgan fingerprint density at radius 2 is 1.67 bits per heavy atom. The lowest BCUT2D eigenvalue weighted by Gasteiger charge is -2.10. The minimum Gasteiger partial charge on any atom is -0.455 e. The predicted molar refractivity (Wildman–Crippen MR) is 98.2 cm³/mol. The molecular weight excluding hydrogens is 393 g/mol. The Bertz CT molecular complexity index is 718. The van der Waals surface area contributed by atoms with E-state index >= 15 is 0 Å². The number of hydrogen-bond donors (Lipinski definition) is 1. The highest BCUT2D eigenvalue weighted by atomic mass is 35.5.